The van der Waals surface area contributed by atoms with E-state index in [9.17, 15) is 35.1 Å². The first-order valence-corrected chi connectivity index (χ1v) is 12.9. The van der Waals surface area contributed by atoms with Crippen molar-refractivity contribution in [2.24, 2.45) is 0 Å². The average molecular weight is 573 g/mol. The van der Waals surface area contributed by atoms with Crippen LogP contribution in [0, 0.1) is 0 Å². The van der Waals surface area contributed by atoms with Crippen LogP contribution in [0.15, 0.2) is 45.6 Å². The SMILES string of the molecule is CC1(CO)OC(C)(Oc2ccc3c(=O)c(-c4ccc5c(c4)OCCO5)c(C(=O)O)oc3c2)C(C)(O)C(C)(O)C1(C)O. The molecule has 2 aliphatic heterocycles. The van der Waals surface area contributed by atoms with Crippen LogP contribution in [0.25, 0.3) is 22.1 Å². The fourth-order valence-corrected chi connectivity index (χ4v) is 5.44. The summed E-state index contributed by atoms with van der Waals surface area (Å²) in [6.07, 6.45) is 0. The predicted octanol–water partition coefficient (Wildman–Crippen LogP) is 2.06. The van der Waals surface area contributed by atoms with E-state index in [1.54, 1.807) is 6.07 Å². The zero-order valence-electron chi connectivity index (χ0n) is 23.2. The molecule has 1 fully saturated rings. The molecule has 12 heteroatoms. The number of hydrogen-bond donors (Lipinski definition) is 5. The molecule has 220 valence electrons. The Hall–Kier alpha value is -3.68. The number of hydrogen-bond acceptors (Lipinski definition) is 11. The normalized spacial score (nSPS) is 33.0. The Labute approximate surface area is 234 Å². The van der Waals surface area contributed by atoms with Crippen LogP contribution in [-0.4, -0.2) is 79.5 Å². The van der Waals surface area contributed by atoms with Gasteiger partial charge in [-0.25, -0.2) is 4.79 Å². The third-order valence-corrected chi connectivity index (χ3v) is 8.73. The largest absolute Gasteiger partial charge is 0.486 e. The van der Waals surface area contributed by atoms with E-state index in [0.717, 1.165) is 0 Å². The molecule has 12 nitrogen and oxygen atoms in total. The third kappa shape index (κ3) is 4.01. The third-order valence-electron chi connectivity index (χ3n) is 8.73. The lowest BCUT2D eigenvalue weighted by atomic mass is 9.61. The molecule has 1 aromatic heterocycles. The van der Waals surface area contributed by atoms with Crippen molar-refractivity contribution in [1.29, 1.82) is 0 Å². The molecule has 0 saturated carbocycles. The lowest BCUT2D eigenvalue weighted by Crippen LogP contribution is -2.85. The molecule has 0 aliphatic carbocycles. The second kappa shape index (κ2) is 9.16. The van der Waals surface area contributed by atoms with E-state index in [1.165, 1.54) is 65.0 Å². The highest BCUT2D eigenvalue weighted by Gasteiger charge is 2.75. The number of aliphatic hydroxyl groups is 4. The Balaban J connectivity index is 1.60. The summed E-state index contributed by atoms with van der Waals surface area (Å²) in [6.45, 7) is 6.25. The van der Waals surface area contributed by atoms with Crippen LogP contribution in [0.3, 0.4) is 0 Å². The second-order valence-corrected chi connectivity index (χ2v) is 11.2. The smallest absolute Gasteiger partial charge is 0.372 e. The Kier molecular flexibility index (Phi) is 6.44. The number of carboxylic acid groups (broad SMARTS) is 1. The van der Waals surface area contributed by atoms with Gasteiger partial charge in [-0.3, -0.25) is 4.79 Å². The highest BCUT2D eigenvalue weighted by molar-refractivity contribution is 5.97. The van der Waals surface area contributed by atoms with Crippen LogP contribution < -0.4 is 19.6 Å². The number of fused-ring (bicyclic) bond motifs is 2. The first kappa shape index (κ1) is 28.8. The first-order chi connectivity index (χ1) is 19.0. The number of rotatable bonds is 5. The number of carbonyl (C=O) groups is 1. The van der Waals surface area contributed by atoms with Crippen molar-refractivity contribution in [2.75, 3.05) is 19.8 Å². The zero-order chi connectivity index (χ0) is 30.2. The molecule has 5 atom stereocenters. The molecule has 1 saturated heterocycles. The maximum absolute atomic E-state index is 13.6. The molecule has 41 heavy (non-hydrogen) atoms. The predicted molar refractivity (Wildman–Crippen MR) is 143 cm³/mol. The highest BCUT2D eigenvalue weighted by Crippen LogP contribution is 2.53. The van der Waals surface area contributed by atoms with Gasteiger partial charge in [0.1, 0.15) is 41.3 Å². The van der Waals surface area contributed by atoms with E-state index in [2.05, 4.69) is 0 Å². The summed E-state index contributed by atoms with van der Waals surface area (Å²) in [5, 5.41) is 53.9. The molecule has 3 aromatic rings. The van der Waals surface area contributed by atoms with Gasteiger partial charge in [-0.2, -0.15) is 0 Å². The molecule has 5 unspecified atom stereocenters. The van der Waals surface area contributed by atoms with E-state index in [4.69, 9.17) is 23.4 Å². The van der Waals surface area contributed by atoms with Crippen LogP contribution in [0.1, 0.15) is 45.2 Å². The molecule has 0 radical (unpaired) electrons. The van der Waals surface area contributed by atoms with E-state index < -0.39 is 52.0 Å². The molecule has 5 rings (SSSR count). The minimum atomic E-state index is -2.26. The van der Waals surface area contributed by atoms with Gasteiger partial charge in [-0.1, -0.05) is 6.07 Å². The fourth-order valence-electron chi connectivity index (χ4n) is 5.44. The van der Waals surface area contributed by atoms with Crippen molar-refractivity contribution >= 4 is 16.9 Å². The van der Waals surface area contributed by atoms with Gasteiger partial charge in [0.25, 0.3) is 0 Å². The van der Waals surface area contributed by atoms with Crippen molar-refractivity contribution in [3.63, 3.8) is 0 Å². The monoisotopic (exact) mass is 572 g/mol. The van der Waals surface area contributed by atoms with Crippen LogP contribution in [-0.2, 0) is 4.74 Å². The summed E-state index contributed by atoms with van der Waals surface area (Å²) >= 11 is 0. The van der Waals surface area contributed by atoms with Crippen LogP contribution in [0.4, 0.5) is 0 Å². The Bertz CT molecular complexity index is 1600. The van der Waals surface area contributed by atoms with E-state index in [1.807, 2.05) is 0 Å². The van der Waals surface area contributed by atoms with Gasteiger partial charge < -0.3 is 48.9 Å². The van der Waals surface area contributed by atoms with Gasteiger partial charge in [0.15, 0.2) is 17.1 Å². The minimum absolute atomic E-state index is 0.0236. The molecule has 0 spiro atoms. The Morgan fingerprint density at radius 2 is 1.56 bits per heavy atom. The summed E-state index contributed by atoms with van der Waals surface area (Å²) in [5.41, 5.74) is -9.10. The lowest BCUT2D eigenvalue weighted by molar-refractivity contribution is -0.441. The summed E-state index contributed by atoms with van der Waals surface area (Å²) < 4.78 is 28.8. The van der Waals surface area contributed by atoms with Crippen molar-refractivity contribution in [2.45, 2.75) is 62.8 Å². The topological polar surface area (TPSA) is 185 Å². The van der Waals surface area contributed by atoms with E-state index >= 15 is 0 Å². The number of aliphatic hydroxyl groups excluding tert-OH is 1. The van der Waals surface area contributed by atoms with Gasteiger partial charge in [-0.05, 0) is 57.5 Å². The molecule has 0 amide bonds. The summed E-state index contributed by atoms with van der Waals surface area (Å²) in [7, 11) is 0. The molecule has 2 aliphatic rings. The number of aromatic carboxylic acids is 1. The highest BCUT2D eigenvalue weighted by atomic mass is 16.7. The maximum atomic E-state index is 13.6. The zero-order valence-corrected chi connectivity index (χ0v) is 23.2. The Morgan fingerprint density at radius 1 is 0.902 bits per heavy atom. The van der Waals surface area contributed by atoms with E-state index in [-0.39, 0.29) is 27.8 Å². The minimum Gasteiger partial charge on any atom is -0.486 e. The maximum Gasteiger partial charge on any atom is 0.372 e. The van der Waals surface area contributed by atoms with Crippen LogP contribution in [0.2, 0.25) is 0 Å². The van der Waals surface area contributed by atoms with Gasteiger partial charge in [-0.15, -0.1) is 0 Å². The summed E-state index contributed by atoms with van der Waals surface area (Å²) in [5.74, 6) is -3.35. The quantitative estimate of drug-likeness (QED) is 0.300. The average Bonchev–Trinajstić information content (AvgIpc) is 2.91. The summed E-state index contributed by atoms with van der Waals surface area (Å²) in [4.78, 5) is 25.8. The first-order valence-electron chi connectivity index (χ1n) is 12.9. The summed E-state index contributed by atoms with van der Waals surface area (Å²) in [6, 6.07) is 8.63. The van der Waals surface area contributed by atoms with Crippen LogP contribution in [0.5, 0.6) is 17.2 Å². The number of carboxylic acids is 1. The number of ether oxygens (including phenoxy) is 4. The Morgan fingerprint density at radius 3 is 2.20 bits per heavy atom. The van der Waals surface area contributed by atoms with Gasteiger partial charge in [0.2, 0.25) is 17.0 Å². The molecular formula is C29H32O12. The fraction of sp³-hybridized carbons (Fsp3) is 0.448. The van der Waals surface area contributed by atoms with Crippen molar-refractivity contribution in [3.05, 3.63) is 52.4 Å². The molecule has 0 bridgehead atoms. The van der Waals surface area contributed by atoms with Crippen LogP contribution >= 0.6 is 0 Å². The molecule has 2 aromatic carbocycles. The number of benzene rings is 2. The second-order valence-electron chi connectivity index (χ2n) is 11.2. The molecule has 3 heterocycles. The standard InChI is InChI=1S/C29H32O12/c1-25(14-30)26(2,34)27(3,35)28(4,36)29(5,41-25)40-16-7-8-17-19(13-16)39-23(24(32)33)21(22(17)31)15-6-9-18-20(12-15)38-11-10-37-18/h6-9,12-13,30,34-36H,10-11,14H2,1-5H3,(H,32,33). The van der Waals surface area contributed by atoms with Crippen molar-refractivity contribution in [3.8, 4) is 28.4 Å². The van der Waals surface area contributed by atoms with Crippen molar-refractivity contribution < 1.29 is 53.7 Å². The molecule has 5 N–H and O–H groups in total. The van der Waals surface area contributed by atoms with Gasteiger partial charge >= 0.3 is 5.97 Å². The molecular weight excluding hydrogens is 540 g/mol. The van der Waals surface area contributed by atoms with Crippen molar-refractivity contribution in [1.82, 2.24) is 0 Å². The van der Waals surface area contributed by atoms with E-state index in [0.29, 0.717) is 24.7 Å². The lowest BCUT2D eigenvalue weighted by Gasteiger charge is -2.64. The van der Waals surface area contributed by atoms with Gasteiger partial charge in [0, 0.05) is 13.0 Å². The van der Waals surface area contributed by atoms with Gasteiger partial charge in [0.05, 0.1) is 17.6 Å².